The Morgan fingerprint density at radius 3 is 2.90 bits per heavy atom. The first kappa shape index (κ1) is 15.7. The van der Waals surface area contributed by atoms with E-state index in [-0.39, 0.29) is 5.91 Å². The first-order valence-electron chi connectivity index (χ1n) is 6.73. The molecule has 0 aromatic carbocycles. The molecule has 0 bridgehead atoms. The second-order valence-corrected chi connectivity index (χ2v) is 5.50. The van der Waals surface area contributed by atoms with E-state index in [0.717, 1.165) is 38.9 Å². The largest absolute Gasteiger partial charge is 0.478 e. The molecule has 2 heterocycles. The molecule has 21 heavy (non-hydrogen) atoms. The predicted molar refractivity (Wildman–Crippen MR) is 80.6 cm³/mol. The van der Waals surface area contributed by atoms with E-state index in [1.807, 2.05) is 0 Å². The van der Waals surface area contributed by atoms with Gasteiger partial charge in [0.15, 0.2) is 0 Å². The molecule has 1 fully saturated rings. The Hall–Kier alpha value is -1.70. The third-order valence-corrected chi connectivity index (χ3v) is 4.05. The van der Waals surface area contributed by atoms with Crippen LogP contribution in [0.5, 0.6) is 0 Å². The highest BCUT2D eigenvalue weighted by Gasteiger charge is 2.13. The number of hydrogen-bond donors (Lipinski definition) is 2. The number of aliphatic carboxylic acids is 1. The normalized spacial score (nSPS) is 16.2. The number of carboxylic acid groups (broad SMARTS) is 1. The second kappa shape index (κ2) is 7.92. The third-order valence-electron chi connectivity index (χ3n) is 3.12. The van der Waals surface area contributed by atoms with Gasteiger partial charge in [-0.1, -0.05) is 0 Å². The molecule has 2 N–H and O–H groups in total. The number of carbonyl (C=O) groups is 2. The molecule has 1 aliphatic rings. The van der Waals surface area contributed by atoms with Crippen LogP contribution in [0.4, 0.5) is 0 Å². The van der Waals surface area contributed by atoms with E-state index in [1.165, 1.54) is 17.4 Å². The minimum absolute atomic E-state index is 0.164. The SMILES string of the molecule is O=C(O)C=Cc1ccsc1C(=O)NCCN1CCOCC1. The molecule has 1 saturated heterocycles. The Kier molecular flexibility index (Phi) is 5.91. The molecule has 0 unspecified atom stereocenters. The monoisotopic (exact) mass is 310 g/mol. The first-order valence-corrected chi connectivity index (χ1v) is 7.61. The van der Waals surface area contributed by atoms with Gasteiger partial charge in [0.1, 0.15) is 0 Å². The van der Waals surface area contributed by atoms with Gasteiger partial charge in [0.25, 0.3) is 5.91 Å². The van der Waals surface area contributed by atoms with Gasteiger partial charge in [-0.25, -0.2) is 4.79 Å². The number of ether oxygens (including phenoxy) is 1. The molecule has 0 saturated carbocycles. The number of rotatable bonds is 6. The zero-order valence-electron chi connectivity index (χ0n) is 11.6. The van der Waals surface area contributed by atoms with Crippen LogP contribution in [0.15, 0.2) is 17.5 Å². The van der Waals surface area contributed by atoms with Crippen LogP contribution >= 0.6 is 11.3 Å². The van der Waals surface area contributed by atoms with Crippen LogP contribution < -0.4 is 5.32 Å². The van der Waals surface area contributed by atoms with Gasteiger partial charge in [0, 0.05) is 32.3 Å². The van der Waals surface area contributed by atoms with Gasteiger partial charge in [0.2, 0.25) is 0 Å². The summed E-state index contributed by atoms with van der Waals surface area (Å²) < 4.78 is 5.27. The number of carboxylic acids is 1. The number of thiophene rings is 1. The number of nitrogens with one attached hydrogen (secondary N) is 1. The van der Waals surface area contributed by atoms with Crippen LogP contribution in [-0.2, 0) is 9.53 Å². The zero-order chi connectivity index (χ0) is 15.1. The molecule has 2 rings (SSSR count). The maximum absolute atomic E-state index is 12.1. The van der Waals surface area contributed by atoms with Crippen molar-refractivity contribution in [2.75, 3.05) is 39.4 Å². The van der Waals surface area contributed by atoms with Crippen molar-refractivity contribution in [2.45, 2.75) is 0 Å². The minimum Gasteiger partial charge on any atom is -0.478 e. The van der Waals surface area contributed by atoms with Gasteiger partial charge >= 0.3 is 5.97 Å². The fourth-order valence-corrected chi connectivity index (χ4v) is 2.83. The van der Waals surface area contributed by atoms with Crippen molar-refractivity contribution in [3.05, 3.63) is 28.0 Å². The Morgan fingerprint density at radius 2 is 2.19 bits per heavy atom. The van der Waals surface area contributed by atoms with Crippen molar-refractivity contribution < 1.29 is 19.4 Å². The van der Waals surface area contributed by atoms with Crippen LogP contribution in [0.25, 0.3) is 6.08 Å². The maximum Gasteiger partial charge on any atom is 0.328 e. The van der Waals surface area contributed by atoms with Gasteiger partial charge in [-0.05, 0) is 23.1 Å². The highest BCUT2D eigenvalue weighted by molar-refractivity contribution is 7.12. The molecule has 0 radical (unpaired) electrons. The Balaban J connectivity index is 1.83. The van der Waals surface area contributed by atoms with Gasteiger partial charge in [-0.2, -0.15) is 0 Å². The molecule has 1 aromatic heterocycles. The smallest absolute Gasteiger partial charge is 0.328 e. The van der Waals surface area contributed by atoms with Crippen LogP contribution in [0.1, 0.15) is 15.2 Å². The molecule has 0 atom stereocenters. The molecule has 0 spiro atoms. The summed E-state index contributed by atoms with van der Waals surface area (Å²) in [5.74, 6) is -1.19. The predicted octanol–water partition coefficient (Wildman–Crippen LogP) is 0.908. The van der Waals surface area contributed by atoms with E-state index in [0.29, 0.717) is 17.0 Å². The molecule has 1 amide bonds. The topological polar surface area (TPSA) is 78.9 Å². The second-order valence-electron chi connectivity index (χ2n) is 4.59. The van der Waals surface area contributed by atoms with E-state index in [1.54, 1.807) is 11.4 Å². The molecule has 0 aliphatic carbocycles. The van der Waals surface area contributed by atoms with E-state index in [2.05, 4.69) is 10.2 Å². The van der Waals surface area contributed by atoms with Gasteiger partial charge in [0.05, 0.1) is 18.1 Å². The summed E-state index contributed by atoms with van der Waals surface area (Å²) >= 11 is 1.31. The van der Waals surface area contributed by atoms with E-state index >= 15 is 0 Å². The lowest BCUT2D eigenvalue weighted by Gasteiger charge is -2.26. The van der Waals surface area contributed by atoms with Crippen molar-refractivity contribution in [1.82, 2.24) is 10.2 Å². The third kappa shape index (κ3) is 4.96. The Morgan fingerprint density at radius 1 is 1.43 bits per heavy atom. The highest BCUT2D eigenvalue weighted by atomic mass is 32.1. The lowest BCUT2D eigenvalue weighted by atomic mass is 10.2. The minimum atomic E-state index is -1.03. The fourth-order valence-electron chi connectivity index (χ4n) is 2.03. The molecule has 6 nitrogen and oxygen atoms in total. The van der Waals surface area contributed by atoms with Crippen LogP contribution in [0.3, 0.4) is 0 Å². The van der Waals surface area contributed by atoms with Crippen molar-refractivity contribution in [1.29, 1.82) is 0 Å². The number of nitrogens with zero attached hydrogens (tertiary/aromatic N) is 1. The standard InChI is InChI=1S/C14H18N2O4S/c17-12(18)2-1-11-3-10-21-13(11)14(19)15-4-5-16-6-8-20-9-7-16/h1-3,10H,4-9H2,(H,15,19)(H,17,18). The van der Waals surface area contributed by atoms with Gasteiger partial charge < -0.3 is 15.2 Å². The van der Waals surface area contributed by atoms with E-state index in [4.69, 9.17) is 9.84 Å². The van der Waals surface area contributed by atoms with Crippen molar-refractivity contribution in [2.24, 2.45) is 0 Å². The summed E-state index contributed by atoms with van der Waals surface area (Å²) in [5, 5.41) is 13.3. The fraction of sp³-hybridized carbons (Fsp3) is 0.429. The van der Waals surface area contributed by atoms with Crippen LogP contribution in [0.2, 0.25) is 0 Å². The summed E-state index contributed by atoms with van der Waals surface area (Å²) in [7, 11) is 0. The molecule has 114 valence electrons. The van der Waals surface area contributed by atoms with Gasteiger partial charge in [-0.15, -0.1) is 11.3 Å². The van der Waals surface area contributed by atoms with Crippen molar-refractivity contribution in [3.63, 3.8) is 0 Å². The van der Waals surface area contributed by atoms with E-state index in [9.17, 15) is 9.59 Å². The zero-order valence-corrected chi connectivity index (χ0v) is 12.4. The summed E-state index contributed by atoms with van der Waals surface area (Å²) in [6.45, 7) is 4.62. The maximum atomic E-state index is 12.1. The molecule has 1 aliphatic heterocycles. The van der Waals surface area contributed by atoms with Crippen LogP contribution in [-0.4, -0.2) is 61.3 Å². The summed E-state index contributed by atoms with van der Waals surface area (Å²) in [5.41, 5.74) is 0.631. The molecule has 7 heteroatoms. The Labute approximate surface area is 127 Å². The lowest BCUT2D eigenvalue weighted by Crippen LogP contribution is -2.41. The average Bonchev–Trinajstić information content (AvgIpc) is 2.94. The average molecular weight is 310 g/mol. The lowest BCUT2D eigenvalue weighted by molar-refractivity contribution is -0.131. The quantitative estimate of drug-likeness (QED) is 0.764. The summed E-state index contributed by atoms with van der Waals surface area (Å²) in [6.07, 6.45) is 2.47. The summed E-state index contributed by atoms with van der Waals surface area (Å²) in [4.78, 5) is 25.4. The number of morpholine rings is 1. The first-order chi connectivity index (χ1) is 10.2. The molecule has 1 aromatic rings. The van der Waals surface area contributed by atoms with E-state index < -0.39 is 5.97 Å². The Bertz CT molecular complexity index is 521. The highest BCUT2D eigenvalue weighted by Crippen LogP contribution is 2.18. The van der Waals surface area contributed by atoms with Gasteiger partial charge in [-0.3, -0.25) is 9.69 Å². The number of amides is 1. The number of hydrogen-bond acceptors (Lipinski definition) is 5. The number of carbonyl (C=O) groups excluding carboxylic acids is 1. The van der Waals surface area contributed by atoms with Crippen molar-refractivity contribution >= 4 is 29.3 Å². The van der Waals surface area contributed by atoms with Crippen LogP contribution in [0, 0.1) is 0 Å². The summed E-state index contributed by atoms with van der Waals surface area (Å²) in [6, 6.07) is 1.74. The molecular weight excluding hydrogens is 292 g/mol. The van der Waals surface area contributed by atoms with Crippen molar-refractivity contribution in [3.8, 4) is 0 Å². The molecular formula is C14H18N2O4S.